The fourth-order valence-electron chi connectivity index (χ4n) is 2.16. The summed E-state index contributed by atoms with van der Waals surface area (Å²) >= 11 is 11.7. The van der Waals surface area contributed by atoms with E-state index in [0.717, 1.165) is 0 Å². The monoisotopic (exact) mass is 360 g/mol. The summed E-state index contributed by atoms with van der Waals surface area (Å²) in [6.45, 7) is 0. The molecule has 24 heavy (non-hydrogen) atoms. The Labute approximate surface area is 150 Å². The maximum absolute atomic E-state index is 12.2. The normalized spacial score (nSPS) is 11.4. The van der Waals surface area contributed by atoms with E-state index in [2.05, 4.69) is 5.32 Å². The number of amides is 1. The number of nitrogens with zero attached hydrogens (tertiary/aromatic N) is 1. The summed E-state index contributed by atoms with van der Waals surface area (Å²) in [4.78, 5) is 24.1. The third-order valence-corrected chi connectivity index (χ3v) is 4.12. The topological polar surface area (TPSA) is 70.0 Å². The summed E-state index contributed by atoms with van der Waals surface area (Å²) in [6, 6.07) is 15.5. The van der Waals surface area contributed by atoms with Gasteiger partial charge in [-0.3, -0.25) is 9.59 Å². The van der Waals surface area contributed by atoms with Crippen molar-refractivity contribution in [3.8, 4) is 6.07 Å². The Morgan fingerprint density at radius 1 is 1.04 bits per heavy atom. The van der Waals surface area contributed by atoms with Crippen LogP contribution in [0.4, 0.5) is 5.69 Å². The fraction of sp³-hybridized carbons (Fsp3) is 0.167. The predicted octanol–water partition coefficient (Wildman–Crippen LogP) is 4.59. The van der Waals surface area contributed by atoms with Crippen LogP contribution in [0.15, 0.2) is 48.5 Å². The van der Waals surface area contributed by atoms with Gasteiger partial charge in [-0.15, -0.1) is 0 Å². The standard InChI is InChI=1S/C18H14Cl2N2O2/c19-15-7-6-13(10-16(15)20)22-18(24)9-8-17(23)14(11-21)12-4-2-1-3-5-12/h1-7,10,14H,8-9H2,(H,22,24)/t14-/m1/s1. The molecular formula is C18H14Cl2N2O2. The highest BCUT2D eigenvalue weighted by Crippen LogP contribution is 2.25. The van der Waals surface area contributed by atoms with E-state index >= 15 is 0 Å². The van der Waals surface area contributed by atoms with Crippen molar-refractivity contribution >= 4 is 40.6 Å². The van der Waals surface area contributed by atoms with Crippen LogP contribution >= 0.6 is 23.2 Å². The smallest absolute Gasteiger partial charge is 0.224 e. The molecule has 0 aromatic heterocycles. The predicted molar refractivity (Wildman–Crippen MR) is 94.1 cm³/mol. The van der Waals surface area contributed by atoms with Gasteiger partial charge in [-0.25, -0.2) is 0 Å². The Balaban J connectivity index is 1.92. The summed E-state index contributed by atoms with van der Waals surface area (Å²) in [5, 5.41) is 12.6. The van der Waals surface area contributed by atoms with Gasteiger partial charge in [0.2, 0.25) is 5.91 Å². The molecule has 4 nitrogen and oxygen atoms in total. The van der Waals surface area contributed by atoms with E-state index in [1.165, 1.54) is 6.07 Å². The lowest BCUT2D eigenvalue weighted by atomic mass is 9.93. The molecule has 0 saturated carbocycles. The zero-order valence-electron chi connectivity index (χ0n) is 12.6. The first-order chi connectivity index (χ1) is 11.5. The minimum absolute atomic E-state index is 0.00983. The van der Waals surface area contributed by atoms with Crippen LogP contribution in [0.2, 0.25) is 10.0 Å². The van der Waals surface area contributed by atoms with E-state index in [4.69, 9.17) is 23.2 Å². The zero-order chi connectivity index (χ0) is 17.5. The highest BCUT2D eigenvalue weighted by Gasteiger charge is 2.20. The first-order valence-electron chi connectivity index (χ1n) is 7.23. The molecule has 0 aliphatic rings. The van der Waals surface area contributed by atoms with Crippen molar-refractivity contribution in [1.82, 2.24) is 0 Å². The fourth-order valence-corrected chi connectivity index (χ4v) is 2.45. The van der Waals surface area contributed by atoms with E-state index in [1.807, 2.05) is 12.1 Å². The minimum atomic E-state index is -0.857. The number of benzene rings is 2. The molecule has 0 fully saturated rings. The Bertz CT molecular complexity index is 785. The number of hydrogen-bond donors (Lipinski definition) is 1. The maximum atomic E-state index is 12.2. The van der Waals surface area contributed by atoms with E-state index < -0.39 is 5.92 Å². The minimum Gasteiger partial charge on any atom is -0.326 e. The van der Waals surface area contributed by atoms with Crippen LogP contribution in [0.5, 0.6) is 0 Å². The second-order valence-electron chi connectivity index (χ2n) is 5.12. The van der Waals surface area contributed by atoms with Crippen LogP contribution in [0.1, 0.15) is 24.3 Å². The summed E-state index contributed by atoms with van der Waals surface area (Å²) in [6.07, 6.45) is -0.0234. The van der Waals surface area contributed by atoms with E-state index in [9.17, 15) is 14.9 Å². The lowest BCUT2D eigenvalue weighted by Crippen LogP contribution is -2.16. The van der Waals surface area contributed by atoms with Gasteiger partial charge in [0.25, 0.3) is 0 Å². The van der Waals surface area contributed by atoms with Gasteiger partial charge in [0.05, 0.1) is 16.1 Å². The van der Waals surface area contributed by atoms with Gasteiger partial charge in [-0.1, -0.05) is 53.5 Å². The largest absolute Gasteiger partial charge is 0.326 e. The number of ketones is 1. The molecule has 1 amide bonds. The number of halogens is 2. The number of hydrogen-bond acceptors (Lipinski definition) is 3. The van der Waals surface area contributed by atoms with E-state index in [-0.39, 0.29) is 24.5 Å². The molecule has 1 N–H and O–H groups in total. The first-order valence-corrected chi connectivity index (χ1v) is 7.99. The van der Waals surface area contributed by atoms with Crippen LogP contribution in [0.3, 0.4) is 0 Å². The van der Waals surface area contributed by atoms with Crippen LogP contribution in [0, 0.1) is 11.3 Å². The highest BCUT2D eigenvalue weighted by molar-refractivity contribution is 6.42. The average Bonchev–Trinajstić information content (AvgIpc) is 2.58. The summed E-state index contributed by atoms with van der Waals surface area (Å²) in [5.74, 6) is -1.47. The molecule has 1 atom stereocenters. The van der Waals surface area contributed by atoms with Crippen molar-refractivity contribution in [3.63, 3.8) is 0 Å². The molecule has 122 valence electrons. The molecule has 0 radical (unpaired) electrons. The number of nitriles is 1. The Hall–Kier alpha value is -2.35. The Morgan fingerprint density at radius 3 is 2.38 bits per heavy atom. The Kier molecular flexibility index (Phi) is 6.36. The van der Waals surface area contributed by atoms with E-state index in [1.54, 1.807) is 36.4 Å². The molecule has 0 unspecified atom stereocenters. The van der Waals surface area contributed by atoms with Crippen LogP contribution in [0.25, 0.3) is 0 Å². The maximum Gasteiger partial charge on any atom is 0.224 e. The van der Waals surface area contributed by atoms with Gasteiger partial charge < -0.3 is 5.32 Å². The second kappa shape index (κ2) is 8.49. The van der Waals surface area contributed by atoms with Crippen molar-refractivity contribution in [2.24, 2.45) is 0 Å². The van der Waals surface area contributed by atoms with Crippen molar-refractivity contribution in [2.75, 3.05) is 5.32 Å². The molecule has 2 aromatic rings. The quantitative estimate of drug-likeness (QED) is 0.818. The summed E-state index contributed by atoms with van der Waals surface area (Å²) in [5.41, 5.74) is 1.14. The van der Waals surface area contributed by atoms with Gasteiger partial charge in [-0.2, -0.15) is 5.26 Å². The van der Waals surface area contributed by atoms with Crippen LogP contribution in [-0.2, 0) is 9.59 Å². The Morgan fingerprint density at radius 2 is 1.75 bits per heavy atom. The van der Waals surface area contributed by atoms with E-state index in [0.29, 0.717) is 21.3 Å². The number of Topliss-reactive ketones (excluding diaryl/α,β-unsaturated/α-hetero) is 1. The first kappa shape index (κ1) is 18.0. The lowest BCUT2D eigenvalue weighted by molar-refractivity contribution is -0.123. The zero-order valence-corrected chi connectivity index (χ0v) is 14.1. The van der Waals surface area contributed by atoms with Gasteiger partial charge in [-0.05, 0) is 23.8 Å². The third-order valence-electron chi connectivity index (χ3n) is 3.39. The van der Waals surface area contributed by atoms with Crippen LogP contribution < -0.4 is 5.32 Å². The molecule has 2 aromatic carbocycles. The van der Waals surface area contributed by atoms with Crippen molar-refractivity contribution in [1.29, 1.82) is 5.26 Å². The molecule has 0 saturated heterocycles. The summed E-state index contributed by atoms with van der Waals surface area (Å²) in [7, 11) is 0. The number of anilines is 1. The van der Waals surface area contributed by atoms with Gasteiger partial charge in [0.1, 0.15) is 5.92 Å². The van der Waals surface area contributed by atoms with Crippen molar-refractivity contribution in [2.45, 2.75) is 18.8 Å². The number of nitrogens with one attached hydrogen (secondary N) is 1. The molecular weight excluding hydrogens is 347 g/mol. The van der Waals surface area contributed by atoms with Gasteiger partial charge in [0.15, 0.2) is 5.78 Å². The molecule has 0 aliphatic heterocycles. The third kappa shape index (κ3) is 4.82. The van der Waals surface area contributed by atoms with Gasteiger partial charge in [0, 0.05) is 18.5 Å². The average molecular weight is 361 g/mol. The lowest BCUT2D eigenvalue weighted by Gasteiger charge is -2.09. The second-order valence-corrected chi connectivity index (χ2v) is 5.93. The number of carbonyl (C=O) groups excluding carboxylic acids is 2. The molecule has 0 spiro atoms. The summed E-state index contributed by atoms with van der Waals surface area (Å²) < 4.78 is 0. The van der Waals surface area contributed by atoms with Gasteiger partial charge >= 0.3 is 0 Å². The van der Waals surface area contributed by atoms with Crippen molar-refractivity contribution < 1.29 is 9.59 Å². The SMILES string of the molecule is N#C[C@@H](C(=O)CCC(=O)Nc1ccc(Cl)c(Cl)c1)c1ccccc1. The highest BCUT2D eigenvalue weighted by atomic mass is 35.5. The molecule has 0 heterocycles. The van der Waals surface area contributed by atoms with Crippen molar-refractivity contribution in [3.05, 3.63) is 64.1 Å². The molecule has 0 bridgehead atoms. The molecule has 0 aliphatic carbocycles. The molecule has 2 rings (SSSR count). The number of rotatable bonds is 6. The molecule has 6 heteroatoms. The van der Waals surface area contributed by atoms with Crippen LogP contribution in [-0.4, -0.2) is 11.7 Å². The number of carbonyl (C=O) groups is 2.